The fourth-order valence-corrected chi connectivity index (χ4v) is 3.73. The Kier molecular flexibility index (Phi) is 6.27. The molecule has 1 aromatic heterocycles. The predicted molar refractivity (Wildman–Crippen MR) is 127 cm³/mol. The molecule has 1 N–H and O–H groups in total. The molecule has 0 fully saturated rings. The number of benzene rings is 3. The summed E-state index contributed by atoms with van der Waals surface area (Å²) < 4.78 is 2.27. The highest BCUT2D eigenvalue weighted by molar-refractivity contribution is 5.91. The number of imidazole rings is 1. The Hall–Kier alpha value is -3.66. The van der Waals surface area contributed by atoms with E-state index in [4.69, 9.17) is 4.98 Å². The van der Waals surface area contributed by atoms with Crippen molar-refractivity contribution in [2.45, 2.75) is 26.8 Å². The lowest BCUT2D eigenvalue weighted by atomic mass is 10.1. The minimum absolute atomic E-state index is 0.0963. The summed E-state index contributed by atoms with van der Waals surface area (Å²) in [7, 11) is 0. The van der Waals surface area contributed by atoms with Gasteiger partial charge in [0.15, 0.2) is 0 Å². The SMILES string of the molecule is Cc1ccc(C)c(Cn2c(CCNC(=O)/C=C/c3ccccc3)nc3ccccc32)c1. The highest BCUT2D eigenvalue weighted by Gasteiger charge is 2.12. The summed E-state index contributed by atoms with van der Waals surface area (Å²) in [5, 5.41) is 2.98. The lowest BCUT2D eigenvalue weighted by Crippen LogP contribution is -2.24. The number of rotatable bonds is 7. The van der Waals surface area contributed by atoms with Crippen molar-refractivity contribution in [3.8, 4) is 0 Å². The van der Waals surface area contributed by atoms with Crippen LogP contribution in [0.1, 0.15) is 28.1 Å². The standard InChI is InChI=1S/C27H27N3O/c1-20-12-13-21(2)23(18-20)19-30-25-11-7-6-10-24(25)29-26(30)16-17-28-27(31)15-14-22-8-4-3-5-9-22/h3-15,18H,16-17,19H2,1-2H3,(H,28,31)/b15-14+. The number of carbonyl (C=O) groups excluding carboxylic acids is 1. The van der Waals surface area contributed by atoms with Crippen molar-refractivity contribution < 1.29 is 4.79 Å². The van der Waals surface area contributed by atoms with Crippen LogP contribution in [0.3, 0.4) is 0 Å². The minimum atomic E-state index is -0.0963. The fraction of sp³-hybridized carbons (Fsp3) is 0.185. The first-order chi connectivity index (χ1) is 15.1. The number of nitrogens with zero attached hydrogens (tertiary/aromatic N) is 2. The van der Waals surface area contributed by atoms with Crippen molar-refractivity contribution >= 4 is 23.0 Å². The quantitative estimate of drug-likeness (QED) is 0.433. The topological polar surface area (TPSA) is 46.9 Å². The third kappa shape index (κ3) is 5.10. The lowest BCUT2D eigenvalue weighted by molar-refractivity contribution is -0.116. The molecule has 0 aliphatic rings. The van der Waals surface area contributed by atoms with Gasteiger partial charge in [0.1, 0.15) is 5.82 Å². The molecule has 0 atom stereocenters. The maximum Gasteiger partial charge on any atom is 0.244 e. The van der Waals surface area contributed by atoms with Crippen LogP contribution in [-0.4, -0.2) is 22.0 Å². The monoisotopic (exact) mass is 409 g/mol. The van der Waals surface area contributed by atoms with Crippen LogP contribution in [0.5, 0.6) is 0 Å². The molecule has 1 heterocycles. The van der Waals surface area contributed by atoms with Crippen LogP contribution in [0.2, 0.25) is 0 Å². The van der Waals surface area contributed by atoms with Crippen molar-refractivity contribution in [3.63, 3.8) is 0 Å². The van der Waals surface area contributed by atoms with Crippen LogP contribution in [0.4, 0.5) is 0 Å². The Morgan fingerprint density at radius 2 is 1.77 bits per heavy atom. The molecule has 0 saturated carbocycles. The van der Waals surface area contributed by atoms with E-state index in [1.165, 1.54) is 16.7 Å². The smallest absolute Gasteiger partial charge is 0.244 e. The highest BCUT2D eigenvalue weighted by Crippen LogP contribution is 2.20. The molecule has 4 aromatic rings. The molecule has 4 nitrogen and oxygen atoms in total. The number of fused-ring (bicyclic) bond motifs is 1. The number of hydrogen-bond donors (Lipinski definition) is 1. The first kappa shape index (κ1) is 20.6. The molecule has 0 radical (unpaired) electrons. The van der Waals surface area contributed by atoms with Gasteiger partial charge in [0.2, 0.25) is 5.91 Å². The predicted octanol–water partition coefficient (Wildman–Crippen LogP) is 5.07. The normalized spacial score (nSPS) is 11.3. The summed E-state index contributed by atoms with van der Waals surface area (Å²) in [5.74, 6) is 0.885. The fourth-order valence-electron chi connectivity index (χ4n) is 3.73. The lowest BCUT2D eigenvalue weighted by Gasteiger charge is -2.12. The number of nitrogens with one attached hydrogen (secondary N) is 1. The van der Waals surface area contributed by atoms with Gasteiger partial charge in [-0.15, -0.1) is 0 Å². The van der Waals surface area contributed by atoms with Gasteiger partial charge in [-0.05, 0) is 48.7 Å². The average molecular weight is 410 g/mol. The Balaban J connectivity index is 1.48. The number of para-hydroxylation sites is 2. The molecule has 1 amide bonds. The zero-order chi connectivity index (χ0) is 21.6. The van der Waals surface area contributed by atoms with Crippen molar-refractivity contribution in [3.05, 3.63) is 107 Å². The molecule has 3 aromatic carbocycles. The average Bonchev–Trinajstić information content (AvgIpc) is 3.13. The summed E-state index contributed by atoms with van der Waals surface area (Å²) in [4.78, 5) is 17.1. The maximum atomic E-state index is 12.2. The zero-order valence-corrected chi connectivity index (χ0v) is 18.0. The molecule has 0 unspecified atom stereocenters. The van der Waals surface area contributed by atoms with E-state index < -0.39 is 0 Å². The van der Waals surface area contributed by atoms with Gasteiger partial charge in [-0.25, -0.2) is 4.98 Å². The van der Waals surface area contributed by atoms with E-state index in [0.29, 0.717) is 13.0 Å². The molecule has 31 heavy (non-hydrogen) atoms. The van der Waals surface area contributed by atoms with Crippen LogP contribution in [0.15, 0.2) is 78.9 Å². The summed E-state index contributed by atoms with van der Waals surface area (Å²) in [5.41, 5.74) is 6.93. The third-order valence-corrected chi connectivity index (χ3v) is 5.44. The molecular formula is C27H27N3O. The van der Waals surface area contributed by atoms with E-state index in [0.717, 1.165) is 29.0 Å². The molecule has 0 saturated heterocycles. The van der Waals surface area contributed by atoms with Crippen LogP contribution in [0, 0.1) is 13.8 Å². The first-order valence-electron chi connectivity index (χ1n) is 10.6. The van der Waals surface area contributed by atoms with Crippen molar-refractivity contribution in [2.24, 2.45) is 0 Å². The van der Waals surface area contributed by atoms with Crippen LogP contribution in [0.25, 0.3) is 17.1 Å². The largest absolute Gasteiger partial charge is 0.352 e. The number of aromatic nitrogens is 2. The van der Waals surface area contributed by atoms with E-state index in [9.17, 15) is 4.79 Å². The molecule has 0 aliphatic heterocycles. The maximum absolute atomic E-state index is 12.2. The molecule has 0 spiro atoms. The number of amides is 1. The van der Waals surface area contributed by atoms with E-state index in [1.807, 2.05) is 54.6 Å². The second kappa shape index (κ2) is 9.43. The molecule has 0 aliphatic carbocycles. The van der Waals surface area contributed by atoms with Gasteiger partial charge in [-0.1, -0.05) is 66.2 Å². The Bertz CT molecular complexity index is 1220. The van der Waals surface area contributed by atoms with Gasteiger partial charge in [-0.3, -0.25) is 4.79 Å². The van der Waals surface area contributed by atoms with Crippen LogP contribution >= 0.6 is 0 Å². The Morgan fingerprint density at radius 3 is 2.61 bits per heavy atom. The molecular weight excluding hydrogens is 382 g/mol. The minimum Gasteiger partial charge on any atom is -0.352 e. The number of carbonyl (C=O) groups is 1. The number of aryl methyl sites for hydroxylation is 2. The first-order valence-corrected chi connectivity index (χ1v) is 10.6. The third-order valence-electron chi connectivity index (χ3n) is 5.44. The summed E-state index contributed by atoms with van der Waals surface area (Å²) in [6.45, 7) is 5.57. The van der Waals surface area contributed by atoms with Crippen molar-refractivity contribution in [1.82, 2.24) is 14.9 Å². The van der Waals surface area contributed by atoms with Gasteiger partial charge in [0.05, 0.1) is 11.0 Å². The van der Waals surface area contributed by atoms with Gasteiger partial charge in [-0.2, -0.15) is 0 Å². The Morgan fingerprint density at radius 1 is 1.00 bits per heavy atom. The number of hydrogen-bond acceptors (Lipinski definition) is 2. The van der Waals surface area contributed by atoms with Gasteiger partial charge in [0, 0.05) is 25.6 Å². The van der Waals surface area contributed by atoms with E-state index in [2.05, 4.69) is 48.0 Å². The van der Waals surface area contributed by atoms with E-state index >= 15 is 0 Å². The summed E-state index contributed by atoms with van der Waals surface area (Å²) in [6.07, 6.45) is 4.07. The molecule has 156 valence electrons. The van der Waals surface area contributed by atoms with Crippen molar-refractivity contribution in [1.29, 1.82) is 0 Å². The van der Waals surface area contributed by atoms with Gasteiger partial charge >= 0.3 is 0 Å². The second-order valence-corrected chi connectivity index (χ2v) is 7.82. The summed E-state index contributed by atoms with van der Waals surface area (Å²) >= 11 is 0. The summed E-state index contributed by atoms with van der Waals surface area (Å²) in [6, 6.07) is 24.6. The van der Waals surface area contributed by atoms with Crippen LogP contribution in [-0.2, 0) is 17.8 Å². The molecule has 0 bridgehead atoms. The molecule has 4 rings (SSSR count). The molecule has 4 heteroatoms. The van der Waals surface area contributed by atoms with Crippen molar-refractivity contribution in [2.75, 3.05) is 6.54 Å². The second-order valence-electron chi connectivity index (χ2n) is 7.82. The van der Waals surface area contributed by atoms with E-state index in [1.54, 1.807) is 6.08 Å². The highest BCUT2D eigenvalue weighted by atomic mass is 16.1. The Labute approximate surface area is 183 Å². The van der Waals surface area contributed by atoms with Crippen LogP contribution < -0.4 is 5.32 Å². The van der Waals surface area contributed by atoms with Gasteiger partial charge in [0.25, 0.3) is 0 Å². The van der Waals surface area contributed by atoms with Gasteiger partial charge < -0.3 is 9.88 Å². The zero-order valence-electron chi connectivity index (χ0n) is 18.0. The van der Waals surface area contributed by atoms with E-state index in [-0.39, 0.29) is 5.91 Å².